The van der Waals surface area contributed by atoms with Gasteiger partial charge < -0.3 is 9.84 Å². The number of carboxylic acids is 1. The van der Waals surface area contributed by atoms with E-state index in [4.69, 9.17) is 15.0 Å². The number of hydrogen-bond donors (Lipinski definition) is 2. The number of rotatable bonds is 6. The molecule has 1 heterocycles. The fourth-order valence-electron chi connectivity index (χ4n) is 2.70. The van der Waals surface area contributed by atoms with Gasteiger partial charge in [0, 0.05) is 17.3 Å². The molecule has 146 valence electrons. The molecule has 8 nitrogen and oxygen atoms in total. The van der Waals surface area contributed by atoms with E-state index in [1.807, 2.05) is 0 Å². The van der Waals surface area contributed by atoms with Crippen LogP contribution in [0.1, 0.15) is 0 Å². The summed E-state index contributed by atoms with van der Waals surface area (Å²) in [4.78, 5) is 11.0. The van der Waals surface area contributed by atoms with Gasteiger partial charge in [0.2, 0.25) is 10.0 Å². The maximum atomic E-state index is 14.1. The highest BCUT2D eigenvalue weighted by molar-refractivity contribution is 7.89. The smallest absolute Gasteiger partial charge is 0.325 e. The summed E-state index contributed by atoms with van der Waals surface area (Å²) in [6.07, 6.45) is 1.48. The van der Waals surface area contributed by atoms with E-state index in [0.717, 1.165) is 0 Å². The van der Waals surface area contributed by atoms with E-state index in [-0.39, 0.29) is 17.2 Å². The van der Waals surface area contributed by atoms with Crippen LogP contribution in [0.3, 0.4) is 0 Å². The Bertz CT molecular complexity index is 1140. The molecule has 10 heteroatoms. The number of hydrogen-bond acceptors (Lipinski definition) is 5. The summed E-state index contributed by atoms with van der Waals surface area (Å²) in [7, 11) is -2.51. The van der Waals surface area contributed by atoms with Gasteiger partial charge in [-0.1, -0.05) is 18.2 Å². The van der Waals surface area contributed by atoms with Crippen LogP contribution >= 0.6 is 0 Å². The largest absolute Gasteiger partial charge is 0.494 e. The molecule has 0 aliphatic carbocycles. The van der Waals surface area contributed by atoms with Crippen molar-refractivity contribution in [2.45, 2.75) is 11.4 Å². The molecule has 28 heavy (non-hydrogen) atoms. The number of aliphatic carboxylic acids is 1. The van der Waals surface area contributed by atoms with Crippen LogP contribution in [0.25, 0.3) is 22.4 Å². The Morgan fingerprint density at radius 1 is 1.21 bits per heavy atom. The predicted molar refractivity (Wildman–Crippen MR) is 98.6 cm³/mol. The first-order valence-electron chi connectivity index (χ1n) is 7.95. The molecule has 0 aliphatic rings. The van der Waals surface area contributed by atoms with Gasteiger partial charge in [-0.2, -0.15) is 5.10 Å². The van der Waals surface area contributed by atoms with Gasteiger partial charge >= 0.3 is 5.97 Å². The van der Waals surface area contributed by atoms with Crippen molar-refractivity contribution in [2.75, 3.05) is 7.11 Å². The van der Waals surface area contributed by atoms with Gasteiger partial charge in [-0.3, -0.25) is 9.48 Å². The zero-order valence-electron chi connectivity index (χ0n) is 14.7. The van der Waals surface area contributed by atoms with E-state index in [2.05, 4.69) is 5.10 Å². The molecule has 0 aliphatic heterocycles. The van der Waals surface area contributed by atoms with E-state index >= 15 is 0 Å². The summed E-state index contributed by atoms with van der Waals surface area (Å²) in [5.74, 6) is -1.60. The number of aromatic nitrogens is 2. The average Bonchev–Trinajstić information content (AvgIpc) is 3.04. The maximum absolute atomic E-state index is 14.1. The Labute approximate surface area is 160 Å². The number of nitrogens with zero attached hydrogens (tertiary/aromatic N) is 2. The van der Waals surface area contributed by atoms with Gasteiger partial charge in [0.1, 0.15) is 12.2 Å². The Balaban J connectivity index is 2.13. The maximum Gasteiger partial charge on any atom is 0.325 e. The zero-order valence-corrected chi connectivity index (χ0v) is 15.5. The van der Waals surface area contributed by atoms with Crippen molar-refractivity contribution in [3.8, 4) is 28.1 Å². The molecule has 0 amide bonds. The van der Waals surface area contributed by atoms with Crippen molar-refractivity contribution in [2.24, 2.45) is 5.14 Å². The van der Waals surface area contributed by atoms with E-state index in [1.54, 1.807) is 6.07 Å². The average molecular weight is 405 g/mol. The van der Waals surface area contributed by atoms with Crippen LogP contribution in [0.2, 0.25) is 0 Å². The Morgan fingerprint density at radius 2 is 1.86 bits per heavy atom. The fourth-order valence-corrected chi connectivity index (χ4v) is 3.22. The molecule has 0 saturated carbocycles. The number of sulfonamides is 1. The molecule has 0 saturated heterocycles. The van der Waals surface area contributed by atoms with Crippen molar-refractivity contribution < 1.29 is 27.4 Å². The SMILES string of the molecule is COc1ccc(-c2cn(CC(=O)O)nc2-c2ccc(S(N)(=O)=O)cc2)cc1F. The summed E-state index contributed by atoms with van der Waals surface area (Å²) in [5.41, 5.74) is 1.82. The Kier molecular flexibility index (Phi) is 5.16. The highest BCUT2D eigenvalue weighted by Crippen LogP contribution is 2.33. The molecule has 2 aromatic carbocycles. The van der Waals surface area contributed by atoms with Crippen LogP contribution in [0.4, 0.5) is 4.39 Å². The second kappa shape index (κ2) is 7.41. The lowest BCUT2D eigenvalue weighted by atomic mass is 10.0. The standard InChI is InChI=1S/C18H16FN3O5S/c1-27-16-7-4-12(8-15(16)19)14-9-22(10-17(23)24)21-18(14)11-2-5-13(6-3-11)28(20,25)26/h2-9H,10H2,1H3,(H,23,24)(H2,20,25,26). The third-order valence-corrected chi connectivity index (χ3v) is 4.91. The Morgan fingerprint density at radius 3 is 2.39 bits per heavy atom. The van der Waals surface area contributed by atoms with Gasteiger partial charge in [0.15, 0.2) is 11.6 Å². The first-order valence-corrected chi connectivity index (χ1v) is 9.50. The van der Waals surface area contributed by atoms with Crippen LogP contribution in [0.5, 0.6) is 5.75 Å². The molecule has 0 radical (unpaired) electrons. The van der Waals surface area contributed by atoms with Crippen molar-refractivity contribution in [1.29, 1.82) is 0 Å². The van der Waals surface area contributed by atoms with Gasteiger partial charge in [-0.25, -0.2) is 17.9 Å². The summed E-state index contributed by atoms with van der Waals surface area (Å²) in [6.45, 7) is -0.388. The molecule has 3 N–H and O–H groups in total. The summed E-state index contributed by atoms with van der Waals surface area (Å²) >= 11 is 0. The summed E-state index contributed by atoms with van der Waals surface area (Å²) in [5, 5.41) is 18.4. The molecule has 0 unspecified atom stereocenters. The van der Waals surface area contributed by atoms with E-state index in [9.17, 15) is 17.6 Å². The molecular formula is C18H16FN3O5S. The third kappa shape index (κ3) is 4.02. The predicted octanol–water partition coefficient (Wildman–Crippen LogP) is 2.10. The number of primary sulfonamides is 1. The van der Waals surface area contributed by atoms with Crippen molar-refractivity contribution >= 4 is 16.0 Å². The van der Waals surface area contributed by atoms with Crippen LogP contribution in [-0.4, -0.2) is 36.4 Å². The minimum atomic E-state index is -3.85. The van der Waals surface area contributed by atoms with Crippen LogP contribution in [0, 0.1) is 5.82 Å². The van der Waals surface area contributed by atoms with Crippen LogP contribution in [-0.2, 0) is 21.4 Å². The molecule has 0 bridgehead atoms. The molecule has 0 fully saturated rings. The van der Waals surface area contributed by atoms with Crippen LogP contribution < -0.4 is 9.88 Å². The molecular weight excluding hydrogens is 389 g/mol. The first-order chi connectivity index (χ1) is 13.2. The highest BCUT2D eigenvalue weighted by Gasteiger charge is 2.17. The molecule has 0 atom stereocenters. The second-order valence-electron chi connectivity index (χ2n) is 5.90. The van der Waals surface area contributed by atoms with Crippen molar-refractivity contribution in [3.05, 3.63) is 54.5 Å². The monoisotopic (exact) mass is 405 g/mol. The number of carboxylic acid groups (broad SMARTS) is 1. The Hall–Kier alpha value is -3.24. The van der Waals surface area contributed by atoms with Gasteiger partial charge in [-0.15, -0.1) is 0 Å². The highest BCUT2D eigenvalue weighted by atomic mass is 32.2. The summed E-state index contributed by atoms with van der Waals surface area (Å²) < 4.78 is 43.1. The number of halogens is 1. The number of nitrogens with two attached hydrogens (primary N) is 1. The second-order valence-corrected chi connectivity index (χ2v) is 7.46. The van der Waals surface area contributed by atoms with Gasteiger partial charge in [0.05, 0.1) is 12.0 Å². The van der Waals surface area contributed by atoms with Gasteiger partial charge in [-0.05, 0) is 29.8 Å². The quantitative estimate of drug-likeness (QED) is 0.647. The zero-order chi connectivity index (χ0) is 20.5. The normalized spacial score (nSPS) is 11.4. The fraction of sp³-hybridized carbons (Fsp3) is 0.111. The lowest BCUT2D eigenvalue weighted by Gasteiger charge is -2.06. The van der Waals surface area contributed by atoms with Gasteiger partial charge in [0.25, 0.3) is 0 Å². The van der Waals surface area contributed by atoms with Crippen molar-refractivity contribution in [3.63, 3.8) is 0 Å². The minimum Gasteiger partial charge on any atom is -0.494 e. The third-order valence-electron chi connectivity index (χ3n) is 3.98. The lowest BCUT2D eigenvalue weighted by molar-refractivity contribution is -0.137. The van der Waals surface area contributed by atoms with E-state index in [1.165, 1.54) is 54.4 Å². The van der Waals surface area contributed by atoms with E-state index < -0.39 is 21.8 Å². The lowest BCUT2D eigenvalue weighted by Crippen LogP contribution is -2.11. The number of benzene rings is 2. The number of ether oxygens (including phenoxy) is 1. The summed E-state index contributed by atoms with van der Waals surface area (Å²) in [6, 6.07) is 9.95. The molecule has 3 rings (SSSR count). The topological polar surface area (TPSA) is 125 Å². The minimum absolute atomic E-state index is 0.0701. The molecule has 3 aromatic rings. The number of methoxy groups -OCH3 is 1. The van der Waals surface area contributed by atoms with Crippen molar-refractivity contribution in [1.82, 2.24) is 9.78 Å². The number of carbonyl (C=O) groups is 1. The first kappa shape index (κ1) is 19.5. The molecule has 1 aromatic heterocycles. The molecule has 0 spiro atoms. The van der Waals surface area contributed by atoms with E-state index in [0.29, 0.717) is 22.4 Å². The van der Waals surface area contributed by atoms with Crippen LogP contribution in [0.15, 0.2) is 53.6 Å².